The molecule has 0 radical (unpaired) electrons. The minimum Gasteiger partial charge on any atom is -0.466 e. The highest BCUT2D eigenvalue weighted by Crippen LogP contribution is 2.25. The van der Waals surface area contributed by atoms with Crippen molar-refractivity contribution in [2.24, 2.45) is 0 Å². The number of anilines is 1. The van der Waals surface area contributed by atoms with Gasteiger partial charge in [0.25, 0.3) is 0 Å². The summed E-state index contributed by atoms with van der Waals surface area (Å²) in [5.74, 6) is -0.372. The second-order valence-corrected chi connectivity index (χ2v) is 6.59. The highest BCUT2D eigenvalue weighted by Gasteiger charge is 2.16. The smallest absolute Gasteiger partial charge is 0.308 e. The molecule has 0 aliphatic rings. The Bertz CT molecular complexity index is 516. The van der Waals surface area contributed by atoms with Gasteiger partial charge in [-0.05, 0) is 32.3 Å². The van der Waals surface area contributed by atoms with Crippen LogP contribution in [0.4, 0.5) is 5.69 Å². The maximum absolute atomic E-state index is 11.6. The fraction of sp³-hybridized carbons (Fsp3) is 0.591. The lowest BCUT2D eigenvalue weighted by Crippen LogP contribution is -2.12. The van der Waals surface area contributed by atoms with Gasteiger partial charge in [-0.3, -0.25) is 4.79 Å². The van der Waals surface area contributed by atoms with Crippen LogP contribution in [0.2, 0.25) is 0 Å². The minimum atomic E-state index is -0.840. The lowest BCUT2D eigenvalue weighted by Gasteiger charge is -2.16. The first-order valence-electron chi connectivity index (χ1n) is 9.96. The molecule has 0 fully saturated rings. The number of hydrogen-bond acceptors (Lipinski definition) is 4. The first-order chi connectivity index (χ1) is 12.7. The molecule has 4 nitrogen and oxygen atoms in total. The van der Waals surface area contributed by atoms with Gasteiger partial charge < -0.3 is 15.2 Å². The topological polar surface area (TPSA) is 58.6 Å². The molecule has 0 saturated heterocycles. The normalized spacial score (nSPS) is 11.8. The van der Waals surface area contributed by atoms with E-state index in [0.29, 0.717) is 6.61 Å². The summed E-state index contributed by atoms with van der Waals surface area (Å²) in [5.41, 5.74) is 1.65. The molecule has 26 heavy (non-hydrogen) atoms. The monoisotopic (exact) mass is 361 g/mol. The van der Waals surface area contributed by atoms with Crippen molar-refractivity contribution in [3.05, 3.63) is 42.5 Å². The van der Waals surface area contributed by atoms with E-state index in [9.17, 15) is 9.90 Å². The van der Waals surface area contributed by atoms with Crippen LogP contribution in [0.25, 0.3) is 0 Å². The van der Waals surface area contributed by atoms with Crippen molar-refractivity contribution in [3.63, 3.8) is 0 Å². The predicted molar refractivity (Wildman–Crippen MR) is 108 cm³/mol. The molecule has 0 saturated carbocycles. The van der Waals surface area contributed by atoms with E-state index in [1.54, 1.807) is 6.92 Å². The number of ether oxygens (including phenoxy) is 1. The maximum Gasteiger partial charge on any atom is 0.308 e. The number of benzene rings is 1. The Hall–Kier alpha value is -1.81. The Morgan fingerprint density at radius 2 is 1.81 bits per heavy atom. The van der Waals surface area contributed by atoms with Crippen molar-refractivity contribution in [1.29, 1.82) is 0 Å². The van der Waals surface area contributed by atoms with Gasteiger partial charge in [0.15, 0.2) is 0 Å². The molecule has 2 N–H and O–H groups in total. The number of allylic oxidation sites excluding steroid dienone is 1. The van der Waals surface area contributed by atoms with E-state index in [1.807, 2.05) is 30.3 Å². The number of unbranched alkanes of at least 4 members (excludes halogenated alkanes) is 7. The number of para-hydroxylation sites is 1. The molecular formula is C22H35NO3. The number of aliphatic hydroxyl groups excluding tert-OH is 1. The number of aliphatic hydroxyl groups is 1. The van der Waals surface area contributed by atoms with Gasteiger partial charge >= 0.3 is 5.97 Å². The molecule has 1 aromatic rings. The Morgan fingerprint density at radius 3 is 2.50 bits per heavy atom. The Morgan fingerprint density at radius 1 is 1.15 bits per heavy atom. The van der Waals surface area contributed by atoms with Crippen LogP contribution < -0.4 is 5.32 Å². The largest absolute Gasteiger partial charge is 0.466 e. The predicted octanol–water partition coefficient (Wildman–Crippen LogP) is 5.39. The zero-order valence-corrected chi connectivity index (χ0v) is 16.2. The van der Waals surface area contributed by atoms with Gasteiger partial charge in [-0.15, -0.1) is 6.58 Å². The van der Waals surface area contributed by atoms with E-state index in [1.165, 1.54) is 38.5 Å². The van der Waals surface area contributed by atoms with Gasteiger partial charge in [-0.2, -0.15) is 0 Å². The first kappa shape index (κ1) is 22.2. The molecule has 4 heteroatoms. The first-order valence-corrected chi connectivity index (χ1v) is 9.96. The van der Waals surface area contributed by atoms with Gasteiger partial charge in [0.2, 0.25) is 0 Å². The van der Waals surface area contributed by atoms with Crippen molar-refractivity contribution in [2.75, 3.05) is 18.5 Å². The molecule has 0 bridgehead atoms. The molecule has 0 aliphatic carbocycles. The van der Waals surface area contributed by atoms with Crippen LogP contribution >= 0.6 is 0 Å². The molecule has 1 atom stereocenters. The molecule has 146 valence electrons. The van der Waals surface area contributed by atoms with E-state index in [2.05, 4.69) is 11.9 Å². The van der Waals surface area contributed by atoms with Crippen molar-refractivity contribution >= 4 is 11.7 Å². The SMILES string of the molecule is C=CCCCCCCCCCNc1ccccc1C(O)CC(=O)OCC. The van der Waals surface area contributed by atoms with E-state index < -0.39 is 6.10 Å². The second kappa shape index (κ2) is 14.4. The van der Waals surface area contributed by atoms with Crippen molar-refractivity contribution in [1.82, 2.24) is 0 Å². The molecule has 1 unspecified atom stereocenters. The quantitative estimate of drug-likeness (QED) is 0.250. The molecule has 1 aromatic carbocycles. The number of nitrogens with one attached hydrogen (secondary N) is 1. The number of carbonyl (C=O) groups excluding carboxylic acids is 1. The van der Waals surface area contributed by atoms with E-state index >= 15 is 0 Å². The third-order valence-electron chi connectivity index (χ3n) is 4.39. The summed E-state index contributed by atoms with van der Waals surface area (Å²) < 4.78 is 4.92. The molecule has 0 amide bonds. The van der Waals surface area contributed by atoms with Crippen molar-refractivity contribution in [3.8, 4) is 0 Å². The summed E-state index contributed by atoms with van der Waals surface area (Å²) in [7, 11) is 0. The highest BCUT2D eigenvalue weighted by molar-refractivity contribution is 5.71. The third kappa shape index (κ3) is 9.62. The zero-order valence-electron chi connectivity index (χ0n) is 16.2. The maximum atomic E-state index is 11.6. The summed E-state index contributed by atoms with van der Waals surface area (Å²) in [4.78, 5) is 11.6. The lowest BCUT2D eigenvalue weighted by atomic mass is 10.0. The number of rotatable bonds is 15. The molecule has 0 aliphatic heterocycles. The standard InChI is InChI=1S/C22H35NO3/c1-3-5-6-7-8-9-10-11-14-17-23-20-16-13-12-15-19(20)21(24)18-22(25)26-4-2/h3,12-13,15-16,21,23-24H,1,4-11,14,17-18H2,2H3. The summed E-state index contributed by atoms with van der Waals surface area (Å²) in [6.45, 7) is 6.72. The third-order valence-corrected chi connectivity index (χ3v) is 4.39. The van der Waals surface area contributed by atoms with Crippen LogP contribution in [0.1, 0.15) is 76.4 Å². The molecule has 0 heterocycles. The average molecular weight is 362 g/mol. The van der Waals surface area contributed by atoms with Gasteiger partial charge in [-0.25, -0.2) is 0 Å². The Labute approximate surface area is 158 Å². The van der Waals surface area contributed by atoms with Crippen LogP contribution in [-0.4, -0.2) is 24.2 Å². The van der Waals surface area contributed by atoms with E-state index in [0.717, 1.165) is 30.6 Å². The van der Waals surface area contributed by atoms with E-state index in [-0.39, 0.29) is 12.4 Å². The molecular weight excluding hydrogens is 326 g/mol. The Balaban J connectivity index is 2.26. The summed E-state index contributed by atoms with van der Waals surface area (Å²) >= 11 is 0. The molecule has 1 rings (SSSR count). The van der Waals surface area contributed by atoms with Crippen molar-refractivity contribution in [2.45, 2.75) is 70.8 Å². The number of carbonyl (C=O) groups is 1. The number of hydrogen-bond donors (Lipinski definition) is 2. The van der Waals surface area contributed by atoms with Gasteiger partial charge in [-0.1, -0.05) is 56.4 Å². The van der Waals surface area contributed by atoms with Crippen LogP contribution in [0.3, 0.4) is 0 Å². The van der Waals surface area contributed by atoms with Crippen molar-refractivity contribution < 1.29 is 14.6 Å². The lowest BCUT2D eigenvalue weighted by molar-refractivity contribution is -0.145. The van der Waals surface area contributed by atoms with Gasteiger partial charge in [0.05, 0.1) is 19.1 Å². The highest BCUT2D eigenvalue weighted by atomic mass is 16.5. The van der Waals surface area contributed by atoms with Gasteiger partial charge in [0, 0.05) is 17.8 Å². The fourth-order valence-corrected chi connectivity index (χ4v) is 2.96. The molecule has 0 aromatic heterocycles. The van der Waals surface area contributed by atoms with E-state index in [4.69, 9.17) is 4.74 Å². The average Bonchev–Trinajstić information content (AvgIpc) is 2.63. The zero-order chi connectivity index (χ0) is 19.0. The fourth-order valence-electron chi connectivity index (χ4n) is 2.96. The van der Waals surface area contributed by atoms with Crippen LogP contribution in [-0.2, 0) is 9.53 Å². The number of esters is 1. The molecule has 0 spiro atoms. The summed E-state index contributed by atoms with van der Waals surface area (Å²) in [6, 6.07) is 7.62. The van der Waals surface area contributed by atoms with Crippen LogP contribution in [0.15, 0.2) is 36.9 Å². The summed E-state index contributed by atoms with van der Waals surface area (Å²) in [6.07, 6.45) is 11.0. The van der Waals surface area contributed by atoms with Gasteiger partial charge in [0.1, 0.15) is 0 Å². The second-order valence-electron chi connectivity index (χ2n) is 6.59. The van der Waals surface area contributed by atoms with Crippen LogP contribution in [0, 0.1) is 0 Å². The minimum absolute atomic E-state index is 0.0155. The Kier molecular flexibility index (Phi) is 12.3. The summed E-state index contributed by atoms with van der Waals surface area (Å²) in [5, 5.41) is 13.7. The van der Waals surface area contributed by atoms with Crippen LogP contribution in [0.5, 0.6) is 0 Å².